The summed E-state index contributed by atoms with van der Waals surface area (Å²) in [6, 6.07) is 8.21. The Morgan fingerprint density at radius 2 is 2.14 bits per heavy atom. The summed E-state index contributed by atoms with van der Waals surface area (Å²) >= 11 is 0. The van der Waals surface area contributed by atoms with E-state index in [1.165, 1.54) is 5.56 Å². The Hall–Kier alpha value is -2.89. The van der Waals surface area contributed by atoms with Crippen LogP contribution in [-0.2, 0) is 16.0 Å². The molecule has 2 aromatic rings. The molecule has 28 heavy (non-hydrogen) atoms. The second-order valence-electron chi connectivity index (χ2n) is 7.37. The van der Waals surface area contributed by atoms with Crippen LogP contribution >= 0.6 is 0 Å². The van der Waals surface area contributed by atoms with Crippen LogP contribution in [0.15, 0.2) is 36.7 Å². The first-order valence-electron chi connectivity index (χ1n) is 9.84. The van der Waals surface area contributed by atoms with Crippen LogP contribution in [0.1, 0.15) is 31.7 Å². The molecule has 2 aliphatic rings. The number of fused-ring (bicyclic) bond motifs is 1. The van der Waals surface area contributed by atoms with E-state index in [2.05, 4.69) is 11.1 Å². The second-order valence-corrected chi connectivity index (χ2v) is 7.37. The van der Waals surface area contributed by atoms with E-state index in [9.17, 15) is 9.59 Å². The Bertz CT molecular complexity index is 912. The maximum Gasteiger partial charge on any atom is 0.227 e. The van der Waals surface area contributed by atoms with Crippen molar-refractivity contribution in [1.29, 1.82) is 0 Å². The lowest BCUT2D eigenvalue weighted by Gasteiger charge is -2.40. The van der Waals surface area contributed by atoms with Crippen molar-refractivity contribution in [1.82, 2.24) is 9.88 Å². The first-order valence-corrected chi connectivity index (χ1v) is 9.84. The van der Waals surface area contributed by atoms with Crippen LogP contribution in [0.25, 0.3) is 11.1 Å². The highest BCUT2D eigenvalue weighted by Gasteiger charge is 2.31. The first kappa shape index (κ1) is 18.5. The number of amides is 2. The summed E-state index contributed by atoms with van der Waals surface area (Å²) in [6.07, 6.45) is 6.29. The topological polar surface area (TPSA) is 62.7 Å². The molecular formula is C22H25N3O3. The van der Waals surface area contributed by atoms with E-state index < -0.39 is 0 Å². The van der Waals surface area contributed by atoms with Gasteiger partial charge in [0.1, 0.15) is 12.4 Å². The Kier molecular flexibility index (Phi) is 5.03. The highest BCUT2D eigenvalue weighted by Crippen LogP contribution is 2.37. The highest BCUT2D eigenvalue weighted by molar-refractivity contribution is 6.00. The summed E-state index contributed by atoms with van der Waals surface area (Å²) in [5.41, 5.74) is 4.04. The fourth-order valence-electron chi connectivity index (χ4n) is 3.94. The number of pyridine rings is 1. The van der Waals surface area contributed by atoms with E-state index in [-0.39, 0.29) is 17.9 Å². The third-order valence-electron chi connectivity index (χ3n) is 5.67. The molecule has 2 aliphatic heterocycles. The van der Waals surface area contributed by atoms with Crippen molar-refractivity contribution in [2.75, 3.05) is 25.1 Å². The Balaban J connectivity index is 1.54. The van der Waals surface area contributed by atoms with Gasteiger partial charge in [-0.25, -0.2) is 0 Å². The average Bonchev–Trinajstić information content (AvgIpc) is 2.70. The van der Waals surface area contributed by atoms with Crippen LogP contribution in [0.4, 0.5) is 5.69 Å². The molecule has 3 heterocycles. The van der Waals surface area contributed by atoms with Crippen molar-refractivity contribution in [3.05, 3.63) is 42.2 Å². The van der Waals surface area contributed by atoms with Gasteiger partial charge in [0.15, 0.2) is 0 Å². The molecule has 0 unspecified atom stereocenters. The van der Waals surface area contributed by atoms with Gasteiger partial charge in [0.25, 0.3) is 0 Å². The fourth-order valence-corrected chi connectivity index (χ4v) is 3.94. The summed E-state index contributed by atoms with van der Waals surface area (Å²) in [7, 11) is 1.83. The number of aryl methyl sites for hydroxylation is 1. The molecule has 2 amide bonds. The molecule has 0 aliphatic carbocycles. The quantitative estimate of drug-likeness (QED) is 0.801. The van der Waals surface area contributed by atoms with E-state index in [0.29, 0.717) is 25.2 Å². The molecule has 0 saturated carbocycles. The van der Waals surface area contributed by atoms with Crippen molar-refractivity contribution >= 4 is 17.5 Å². The molecule has 6 nitrogen and oxygen atoms in total. The monoisotopic (exact) mass is 379 g/mol. The largest absolute Gasteiger partial charge is 0.490 e. The number of ether oxygens (including phenoxy) is 1. The summed E-state index contributed by atoms with van der Waals surface area (Å²) in [6.45, 7) is 3.17. The van der Waals surface area contributed by atoms with E-state index in [0.717, 1.165) is 36.2 Å². The number of anilines is 1. The molecule has 1 atom stereocenters. The van der Waals surface area contributed by atoms with Crippen LogP contribution in [-0.4, -0.2) is 47.9 Å². The van der Waals surface area contributed by atoms with Crippen LogP contribution in [0, 0.1) is 0 Å². The number of aromatic nitrogens is 1. The van der Waals surface area contributed by atoms with E-state index in [4.69, 9.17) is 4.74 Å². The number of carbonyl (C=O) groups is 2. The Morgan fingerprint density at radius 3 is 2.89 bits per heavy atom. The normalized spacial score (nSPS) is 18.5. The minimum atomic E-state index is 0.131. The number of carbonyl (C=O) groups excluding carboxylic acids is 2. The summed E-state index contributed by atoms with van der Waals surface area (Å²) in [5, 5.41) is 0. The minimum absolute atomic E-state index is 0.131. The van der Waals surface area contributed by atoms with Crippen LogP contribution < -0.4 is 9.64 Å². The molecule has 1 aromatic heterocycles. The molecule has 1 saturated heterocycles. The SMILES string of the molecule is CCC(=O)N1CC[C@H]1COc1cncc(-c2cccc3c2N(C)C(=O)CC3)c1. The van der Waals surface area contributed by atoms with Crippen molar-refractivity contribution in [3.8, 4) is 16.9 Å². The van der Waals surface area contributed by atoms with Gasteiger partial charge in [-0.2, -0.15) is 0 Å². The van der Waals surface area contributed by atoms with Crippen LogP contribution in [0.3, 0.4) is 0 Å². The predicted molar refractivity (Wildman–Crippen MR) is 107 cm³/mol. The molecule has 1 fully saturated rings. The number of hydrogen-bond donors (Lipinski definition) is 0. The standard InChI is InChI=1S/C22H25N3O3/c1-3-20(26)25-10-9-17(25)14-28-18-11-16(12-23-13-18)19-6-4-5-15-7-8-21(27)24(2)22(15)19/h4-6,11-13,17H,3,7-10,14H2,1-2H3/t17-/m0/s1. The summed E-state index contributed by atoms with van der Waals surface area (Å²) in [5.74, 6) is 0.983. The molecule has 0 radical (unpaired) electrons. The summed E-state index contributed by atoms with van der Waals surface area (Å²) < 4.78 is 5.95. The fraction of sp³-hybridized carbons (Fsp3) is 0.409. The van der Waals surface area contributed by atoms with Gasteiger partial charge in [-0.3, -0.25) is 14.6 Å². The van der Waals surface area contributed by atoms with Crippen molar-refractivity contribution < 1.29 is 14.3 Å². The molecule has 0 spiro atoms. The second kappa shape index (κ2) is 7.62. The van der Waals surface area contributed by atoms with Crippen LogP contribution in [0.2, 0.25) is 0 Å². The van der Waals surface area contributed by atoms with Gasteiger partial charge in [-0.1, -0.05) is 25.1 Å². The molecule has 0 N–H and O–H groups in total. The smallest absolute Gasteiger partial charge is 0.227 e. The highest BCUT2D eigenvalue weighted by atomic mass is 16.5. The zero-order valence-electron chi connectivity index (χ0n) is 16.4. The number of hydrogen-bond acceptors (Lipinski definition) is 4. The van der Waals surface area contributed by atoms with E-state index in [1.807, 2.05) is 37.1 Å². The van der Waals surface area contributed by atoms with Gasteiger partial charge in [-0.15, -0.1) is 0 Å². The van der Waals surface area contributed by atoms with Gasteiger partial charge >= 0.3 is 0 Å². The molecule has 146 valence electrons. The molecular weight excluding hydrogens is 354 g/mol. The lowest BCUT2D eigenvalue weighted by atomic mass is 9.94. The maximum atomic E-state index is 12.2. The zero-order valence-corrected chi connectivity index (χ0v) is 16.4. The van der Waals surface area contributed by atoms with Gasteiger partial charge in [-0.05, 0) is 24.5 Å². The molecule has 6 heteroatoms. The van der Waals surface area contributed by atoms with Gasteiger partial charge in [0.2, 0.25) is 11.8 Å². The van der Waals surface area contributed by atoms with E-state index in [1.54, 1.807) is 17.3 Å². The lowest BCUT2D eigenvalue weighted by Crippen LogP contribution is -2.53. The Morgan fingerprint density at radius 1 is 1.29 bits per heavy atom. The van der Waals surface area contributed by atoms with Crippen molar-refractivity contribution in [2.24, 2.45) is 0 Å². The van der Waals surface area contributed by atoms with Gasteiger partial charge in [0.05, 0.1) is 17.9 Å². The minimum Gasteiger partial charge on any atom is -0.490 e. The summed E-state index contributed by atoms with van der Waals surface area (Å²) in [4.78, 5) is 32.0. The number of nitrogens with zero attached hydrogens (tertiary/aromatic N) is 3. The number of para-hydroxylation sites is 1. The van der Waals surface area contributed by atoms with Gasteiger partial charge < -0.3 is 14.5 Å². The van der Waals surface area contributed by atoms with Gasteiger partial charge in [0, 0.05) is 43.8 Å². The number of rotatable bonds is 5. The Labute approximate surface area is 165 Å². The third kappa shape index (κ3) is 3.35. The van der Waals surface area contributed by atoms with Crippen molar-refractivity contribution in [2.45, 2.75) is 38.6 Å². The number of benzene rings is 1. The van der Waals surface area contributed by atoms with E-state index >= 15 is 0 Å². The zero-order chi connectivity index (χ0) is 19.7. The van der Waals surface area contributed by atoms with Crippen molar-refractivity contribution in [3.63, 3.8) is 0 Å². The number of likely N-dealkylation sites (tertiary alicyclic amines) is 1. The molecule has 4 rings (SSSR count). The average molecular weight is 379 g/mol. The molecule has 0 bridgehead atoms. The molecule has 1 aromatic carbocycles. The maximum absolute atomic E-state index is 12.2. The lowest BCUT2D eigenvalue weighted by molar-refractivity contribution is -0.139. The third-order valence-corrected chi connectivity index (χ3v) is 5.67. The predicted octanol–water partition coefficient (Wildman–Crippen LogP) is 3.05. The van der Waals surface area contributed by atoms with Crippen LogP contribution in [0.5, 0.6) is 5.75 Å². The first-order chi connectivity index (χ1) is 13.6.